The van der Waals surface area contributed by atoms with Gasteiger partial charge in [0.2, 0.25) is 5.91 Å². The molecule has 0 saturated carbocycles. The number of fused-ring (bicyclic) bond motifs is 1. The van der Waals surface area contributed by atoms with Crippen LogP contribution >= 0.6 is 0 Å². The third kappa shape index (κ3) is 5.51. The van der Waals surface area contributed by atoms with E-state index in [1.54, 1.807) is 4.90 Å². The van der Waals surface area contributed by atoms with Crippen LogP contribution in [0.5, 0.6) is 0 Å². The summed E-state index contributed by atoms with van der Waals surface area (Å²) in [5, 5.41) is 0. The van der Waals surface area contributed by atoms with Gasteiger partial charge in [0.05, 0.1) is 23.8 Å². The van der Waals surface area contributed by atoms with Crippen molar-refractivity contribution in [2.45, 2.75) is 44.5 Å². The Hall–Kier alpha value is -2.66. The first-order valence-electron chi connectivity index (χ1n) is 11.3. The summed E-state index contributed by atoms with van der Waals surface area (Å²) in [4.78, 5) is 13.6. The number of carbonyl (C=O) groups is 1. The molecule has 2 heterocycles. The molecule has 0 aliphatic carbocycles. The maximum absolute atomic E-state index is 13.6. The summed E-state index contributed by atoms with van der Waals surface area (Å²) in [6, 6.07) is 6.90. The van der Waals surface area contributed by atoms with Gasteiger partial charge in [0.25, 0.3) is 0 Å². The van der Waals surface area contributed by atoms with Gasteiger partial charge in [-0.05, 0) is 54.3 Å². The zero-order valence-corrected chi connectivity index (χ0v) is 19.4. The fourth-order valence-electron chi connectivity index (χ4n) is 4.97. The van der Waals surface area contributed by atoms with Gasteiger partial charge in [0.15, 0.2) is 6.29 Å². The maximum Gasteiger partial charge on any atom is 0.416 e. The van der Waals surface area contributed by atoms with E-state index in [-0.39, 0.29) is 36.0 Å². The van der Waals surface area contributed by atoms with E-state index in [1.165, 1.54) is 38.1 Å². The number of likely N-dealkylation sites (tertiary alicyclic amines) is 1. The fourth-order valence-corrected chi connectivity index (χ4v) is 4.97. The summed E-state index contributed by atoms with van der Waals surface area (Å²) < 4.78 is 105. The van der Waals surface area contributed by atoms with E-state index >= 15 is 0 Å². The van der Waals surface area contributed by atoms with E-state index in [2.05, 4.69) is 0 Å². The van der Waals surface area contributed by atoms with Crippen molar-refractivity contribution in [3.05, 3.63) is 70.5 Å². The maximum atomic E-state index is 13.6. The molecule has 2 aromatic carbocycles. The Labute approximate surface area is 203 Å². The van der Waals surface area contributed by atoms with Crippen molar-refractivity contribution in [2.24, 2.45) is 11.8 Å². The summed E-state index contributed by atoms with van der Waals surface area (Å²) in [5.74, 6) is -1.33. The lowest BCUT2D eigenvalue weighted by atomic mass is 9.77. The number of rotatable bonds is 4. The second kappa shape index (κ2) is 9.66. The van der Waals surface area contributed by atoms with E-state index in [0.717, 1.165) is 0 Å². The largest absolute Gasteiger partial charge is 0.416 e. The van der Waals surface area contributed by atoms with Crippen LogP contribution < -0.4 is 0 Å². The molecule has 4 rings (SSSR count). The quantitative estimate of drug-likeness (QED) is 0.454. The normalized spacial score (nSPS) is 25.5. The first-order valence-corrected chi connectivity index (χ1v) is 11.3. The smallest absolute Gasteiger partial charge is 0.352 e. The van der Waals surface area contributed by atoms with Gasteiger partial charge < -0.3 is 14.4 Å². The third-order valence-corrected chi connectivity index (χ3v) is 6.84. The van der Waals surface area contributed by atoms with Gasteiger partial charge in [-0.3, -0.25) is 4.79 Å². The van der Waals surface area contributed by atoms with Gasteiger partial charge in [-0.25, -0.2) is 4.39 Å². The van der Waals surface area contributed by atoms with Crippen LogP contribution in [0.1, 0.15) is 48.1 Å². The van der Waals surface area contributed by atoms with Gasteiger partial charge in [0, 0.05) is 31.8 Å². The first-order chi connectivity index (χ1) is 16.7. The standard InChI is InChI=1S/C25H24F7NO3/c1-13(16-7-18(24(27,28)29)9-19(8-16)25(30,31)32)36-23-22(15-3-5-20(26)6-4-15)21-11-33(14(2)34)10-17(21)12-35-23/h3-9,13,17,21-23H,10-12H2,1-2H3/t13-,17+,21-,22+,23-/m1/s1. The number of halogens is 7. The molecule has 11 heteroatoms. The summed E-state index contributed by atoms with van der Waals surface area (Å²) in [5.41, 5.74) is -2.54. The minimum Gasteiger partial charge on any atom is -0.352 e. The van der Waals surface area contributed by atoms with E-state index < -0.39 is 47.6 Å². The zero-order chi connectivity index (χ0) is 26.4. The number of hydrogen-bond donors (Lipinski definition) is 0. The van der Waals surface area contributed by atoms with Crippen LogP contribution in [-0.2, 0) is 26.6 Å². The lowest BCUT2D eigenvalue weighted by Gasteiger charge is -2.40. The van der Waals surface area contributed by atoms with E-state index in [4.69, 9.17) is 9.47 Å². The van der Waals surface area contributed by atoms with Crippen molar-refractivity contribution in [3.8, 4) is 0 Å². The number of amides is 1. The molecule has 4 nitrogen and oxygen atoms in total. The predicted octanol–water partition coefficient (Wildman–Crippen LogP) is 6.18. The van der Waals surface area contributed by atoms with E-state index in [9.17, 15) is 35.5 Å². The number of ether oxygens (including phenoxy) is 2. The summed E-state index contributed by atoms with van der Waals surface area (Å²) in [7, 11) is 0. The Morgan fingerprint density at radius 3 is 2.11 bits per heavy atom. The van der Waals surface area contributed by atoms with Crippen molar-refractivity contribution in [1.82, 2.24) is 4.90 Å². The van der Waals surface area contributed by atoms with E-state index in [0.29, 0.717) is 30.8 Å². The van der Waals surface area contributed by atoms with Crippen LogP contribution in [0.3, 0.4) is 0 Å². The topological polar surface area (TPSA) is 38.8 Å². The monoisotopic (exact) mass is 519 g/mol. The Morgan fingerprint density at radius 1 is 1.00 bits per heavy atom. The first kappa shape index (κ1) is 26.4. The Balaban J connectivity index is 1.66. The molecule has 5 atom stereocenters. The van der Waals surface area contributed by atoms with Crippen molar-refractivity contribution in [1.29, 1.82) is 0 Å². The number of benzene rings is 2. The van der Waals surface area contributed by atoms with Crippen molar-refractivity contribution < 1.29 is 45.0 Å². The number of alkyl halides is 6. The van der Waals surface area contributed by atoms with Crippen molar-refractivity contribution in [3.63, 3.8) is 0 Å². The molecular weight excluding hydrogens is 495 g/mol. The SMILES string of the molecule is CC(=O)N1C[C@H]2CO[C@H](O[C@H](C)c3cc(C(F)(F)F)cc(C(F)(F)F)c3)[C@@H](c3ccc(F)cc3)[C@@H]2C1. The average Bonchev–Trinajstić information content (AvgIpc) is 3.23. The average molecular weight is 519 g/mol. The lowest BCUT2D eigenvalue weighted by molar-refractivity contribution is -0.217. The molecule has 2 aliphatic heterocycles. The molecular formula is C25H24F7NO3. The molecule has 2 fully saturated rings. The molecule has 2 aromatic rings. The highest BCUT2D eigenvalue weighted by Gasteiger charge is 2.48. The van der Waals surface area contributed by atoms with E-state index in [1.807, 2.05) is 0 Å². The molecule has 0 radical (unpaired) electrons. The fraction of sp³-hybridized carbons (Fsp3) is 0.480. The number of carbonyl (C=O) groups excluding carboxylic acids is 1. The second-order valence-electron chi connectivity index (χ2n) is 9.24. The van der Waals surface area contributed by atoms with Crippen LogP contribution in [-0.4, -0.2) is 36.8 Å². The highest BCUT2D eigenvalue weighted by atomic mass is 19.4. The zero-order valence-electron chi connectivity index (χ0n) is 19.4. The molecule has 2 aliphatic rings. The summed E-state index contributed by atoms with van der Waals surface area (Å²) >= 11 is 0. The van der Waals surface area contributed by atoms with Crippen LogP contribution in [0, 0.1) is 17.7 Å². The highest BCUT2D eigenvalue weighted by molar-refractivity contribution is 5.73. The van der Waals surface area contributed by atoms with Crippen LogP contribution in [0.4, 0.5) is 30.7 Å². The minimum absolute atomic E-state index is 0.0514. The van der Waals surface area contributed by atoms with Gasteiger partial charge in [-0.15, -0.1) is 0 Å². The number of hydrogen-bond acceptors (Lipinski definition) is 3. The highest BCUT2D eigenvalue weighted by Crippen LogP contribution is 2.45. The van der Waals surface area contributed by atoms with Gasteiger partial charge >= 0.3 is 12.4 Å². The molecule has 2 saturated heterocycles. The third-order valence-electron chi connectivity index (χ3n) is 6.84. The Bertz CT molecular complexity index is 1070. The van der Waals surface area contributed by atoms with Gasteiger partial charge in [0.1, 0.15) is 5.82 Å². The van der Waals surface area contributed by atoms with Crippen LogP contribution in [0.15, 0.2) is 42.5 Å². The molecule has 0 N–H and O–H groups in total. The molecule has 0 bridgehead atoms. The Kier molecular flexibility index (Phi) is 7.09. The van der Waals surface area contributed by atoms with Crippen molar-refractivity contribution in [2.75, 3.05) is 19.7 Å². The van der Waals surface area contributed by atoms with Crippen LogP contribution in [0.2, 0.25) is 0 Å². The summed E-state index contributed by atoms with van der Waals surface area (Å²) in [6.07, 6.45) is -12.2. The molecule has 196 valence electrons. The van der Waals surface area contributed by atoms with Gasteiger partial charge in [-0.2, -0.15) is 26.3 Å². The molecule has 1 amide bonds. The number of nitrogens with zero attached hydrogens (tertiary/aromatic N) is 1. The van der Waals surface area contributed by atoms with Gasteiger partial charge in [-0.1, -0.05) is 12.1 Å². The molecule has 36 heavy (non-hydrogen) atoms. The summed E-state index contributed by atoms with van der Waals surface area (Å²) in [6.45, 7) is 3.81. The second-order valence-corrected chi connectivity index (χ2v) is 9.24. The molecule has 0 aromatic heterocycles. The molecule has 0 spiro atoms. The van der Waals surface area contributed by atoms with Crippen LogP contribution in [0.25, 0.3) is 0 Å². The molecule has 0 unspecified atom stereocenters. The Morgan fingerprint density at radius 2 is 1.58 bits per heavy atom. The van der Waals surface area contributed by atoms with Crippen molar-refractivity contribution >= 4 is 5.91 Å². The lowest BCUT2D eigenvalue weighted by Crippen LogP contribution is -2.42. The predicted molar refractivity (Wildman–Crippen MR) is 114 cm³/mol. The minimum atomic E-state index is -4.99.